The lowest BCUT2D eigenvalue weighted by Crippen LogP contribution is -2.15. The fraction of sp³-hybridized carbons (Fsp3) is 0.167. The molecule has 0 radical (unpaired) electrons. The Morgan fingerprint density at radius 2 is 2.00 bits per heavy atom. The Bertz CT molecular complexity index is 563. The average molecular weight is 233 g/mol. The Labute approximate surface area is 97.3 Å². The van der Waals surface area contributed by atoms with Gasteiger partial charge in [0.2, 0.25) is 0 Å². The molecule has 88 valence electrons. The molecule has 0 fully saturated rings. The van der Waals surface area contributed by atoms with Gasteiger partial charge in [0.05, 0.1) is 5.69 Å². The average Bonchev–Trinajstić information content (AvgIpc) is 2.29. The summed E-state index contributed by atoms with van der Waals surface area (Å²) in [6.07, 6.45) is 0.575. The van der Waals surface area contributed by atoms with E-state index in [0.717, 1.165) is 5.69 Å². The second-order valence-electron chi connectivity index (χ2n) is 3.64. The highest BCUT2D eigenvalue weighted by Crippen LogP contribution is 2.16. The standard InChI is InChI=1S/C12H12FN3O/c13-9-3-1-8(2-4-9)11-7-10(5-6-14)15-12(17)16-11/h1-4,7H,5-6,14H2,(H,15,16,17). The monoisotopic (exact) mass is 233 g/mol. The third-order valence-corrected chi connectivity index (χ3v) is 2.35. The van der Waals surface area contributed by atoms with E-state index in [0.29, 0.717) is 24.2 Å². The Morgan fingerprint density at radius 1 is 1.29 bits per heavy atom. The van der Waals surface area contributed by atoms with Gasteiger partial charge in [0.25, 0.3) is 0 Å². The van der Waals surface area contributed by atoms with E-state index in [-0.39, 0.29) is 5.82 Å². The molecular weight excluding hydrogens is 221 g/mol. The number of nitrogens with zero attached hydrogens (tertiary/aromatic N) is 1. The maximum atomic E-state index is 12.8. The summed E-state index contributed by atoms with van der Waals surface area (Å²) in [5.41, 5.74) is 6.96. The van der Waals surface area contributed by atoms with Crippen molar-refractivity contribution in [2.45, 2.75) is 6.42 Å². The molecule has 1 heterocycles. The van der Waals surface area contributed by atoms with Crippen molar-refractivity contribution < 1.29 is 4.39 Å². The van der Waals surface area contributed by atoms with Crippen LogP contribution in [-0.2, 0) is 6.42 Å². The molecule has 0 aliphatic carbocycles. The number of nitrogens with two attached hydrogens (primary N) is 1. The summed E-state index contributed by atoms with van der Waals surface area (Å²) in [7, 11) is 0. The fourth-order valence-corrected chi connectivity index (χ4v) is 1.57. The lowest BCUT2D eigenvalue weighted by Gasteiger charge is -2.03. The summed E-state index contributed by atoms with van der Waals surface area (Å²) < 4.78 is 12.8. The molecule has 1 aromatic carbocycles. The first-order chi connectivity index (χ1) is 8.19. The number of hydrogen-bond donors (Lipinski definition) is 2. The van der Waals surface area contributed by atoms with Crippen LogP contribution in [0.15, 0.2) is 35.1 Å². The topological polar surface area (TPSA) is 71.8 Å². The molecule has 0 spiro atoms. The Balaban J connectivity index is 2.44. The van der Waals surface area contributed by atoms with Gasteiger partial charge in [-0.15, -0.1) is 0 Å². The van der Waals surface area contributed by atoms with Gasteiger partial charge in [-0.05, 0) is 43.3 Å². The molecule has 0 amide bonds. The minimum Gasteiger partial charge on any atom is -0.330 e. The molecule has 0 aliphatic heterocycles. The van der Waals surface area contributed by atoms with Crippen LogP contribution in [0.5, 0.6) is 0 Å². The van der Waals surface area contributed by atoms with Gasteiger partial charge in [-0.1, -0.05) is 0 Å². The fourth-order valence-electron chi connectivity index (χ4n) is 1.57. The smallest absolute Gasteiger partial charge is 0.330 e. The zero-order valence-corrected chi connectivity index (χ0v) is 9.11. The van der Waals surface area contributed by atoms with E-state index in [1.807, 2.05) is 0 Å². The highest BCUT2D eigenvalue weighted by molar-refractivity contribution is 5.58. The van der Waals surface area contributed by atoms with Gasteiger partial charge in [-0.2, -0.15) is 4.98 Å². The predicted octanol–water partition coefficient (Wildman–Crippen LogP) is 1.08. The SMILES string of the molecule is NCCc1cc(-c2ccc(F)cc2)nc(=O)[nH]1. The van der Waals surface area contributed by atoms with Crippen LogP contribution in [0.25, 0.3) is 11.3 Å². The van der Waals surface area contributed by atoms with Crippen LogP contribution < -0.4 is 11.4 Å². The summed E-state index contributed by atoms with van der Waals surface area (Å²) in [4.78, 5) is 17.8. The number of benzene rings is 1. The first kappa shape index (κ1) is 11.5. The minimum absolute atomic E-state index is 0.319. The Hall–Kier alpha value is -2.01. The molecule has 1 aromatic heterocycles. The van der Waals surface area contributed by atoms with Crippen LogP contribution >= 0.6 is 0 Å². The molecule has 0 unspecified atom stereocenters. The van der Waals surface area contributed by atoms with Gasteiger partial charge in [-0.25, -0.2) is 9.18 Å². The van der Waals surface area contributed by atoms with Gasteiger partial charge in [0.15, 0.2) is 0 Å². The third-order valence-electron chi connectivity index (χ3n) is 2.35. The van der Waals surface area contributed by atoms with Crippen LogP contribution in [0.2, 0.25) is 0 Å². The summed E-state index contributed by atoms with van der Waals surface area (Å²) in [5, 5.41) is 0. The van der Waals surface area contributed by atoms with E-state index in [1.54, 1.807) is 18.2 Å². The van der Waals surface area contributed by atoms with E-state index >= 15 is 0 Å². The number of aromatic amines is 1. The van der Waals surface area contributed by atoms with E-state index in [2.05, 4.69) is 9.97 Å². The van der Waals surface area contributed by atoms with Crippen molar-refractivity contribution in [2.75, 3.05) is 6.54 Å². The molecule has 0 bridgehead atoms. The Kier molecular flexibility index (Phi) is 3.30. The molecule has 0 saturated heterocycles. The second kappa shape index (κ2) is 4.88. The molecule has 0 aliphatic rings. The Morgan fingerprint density at radius 3 is 2.65 bits per heavy atom. The summed E-state index contributed by atoms with van der Waals surface area (Å²) in [6.45, 7) is 0.447. The van der Waals surface area contributed by atoms with Crippen molar-refractivity contribution in [3.05, 3.63) is 52.3 Å². The molecule has 2 aromatic rings. The van der Waals surface area contributed by atoms with Crippen molar-refractivity contribution in [1.29, 1.82) is 0 Å². The first-order valence-corrected chi connectivity index (χ1v) is 5.25. The number of rotatable bonds is 3. The molecule has 0 atom stereocenters. The lowest BCUT2D eigenvalue weighted by atomic mass is 10.1. The number of nitrogens with one attached hydrogen (secondary N) is 1. The third kappa shape index (κ3) is 2.76. The molecule has 0 saturated carbocycles. The largest absolute Gasteiger partial charge is 0.345 e. The van der Waals surface area contributed by atoms with E-state index in [1.165, 1.54) is 12.1 Å². The molecule has 5 heteroatoms. The summed E-state index contributed by atoms with van der Waals surface area (Å²) in [5.74, 6) is -0.319. The lowest BCUT2D eigenvalue weighted by molar-refractivity contribution is 0.628. The molecule has 3 N–H and O–H groups in total. The second-order valence-corrected chi connectivity index (χ2v) is 3.64. The maximum absolute atomic E-state index is 12.8. The maximum Gasteiger partial charge on any atom is 0.345 e. The van der Waals surface area contributed by atoms with Crippen LogP contribution in [0.4, 0.5) is 4.39 Å². The number of halogens is 1. The van der Waals surface area contributed by atoms with E-state index < -0.39 is 5.69 Å². The van der Waals surface area contributed by atoms with Gasteiger partial charge < -0.3 is 10.7 Å². The van der Waals surface area contributed by atoms with Crippen molar-refractivity contribution in [3.8, 4) is 11.3 Å². The highest BCUT2D eigenvalue weighted by atomic mass is 19.1. The van der Waals surface area contributed by atoms with Crippen molar-refractivity contribution >= 4 is 0 Å². The number of H-pyrrole nitrogens is 1. The molecule has 4 nitrogen and oxygen atoms in total. The van der Waals surface area contributed by atoms with Crippen molar-refractivity contribution in [3.63, 3.8) is 0 Å². The molecule has 2 rings (SSSR count). The highest BCUT2D eigenvalue weighted by Gasteiger charge is 2.03. The zero-order valence-electron chi connectivity index (χ0n) is 9.11. The van der Waals surface area contributed by atoms with E-state index in [9.17, 15) is 9.18 Å². The minimum atomic E-state index is -0.421. The quantitative estimate of drug-likeness (QED) is 0.833. The summed E-state index contributed by atoms with van der Waals surface area (Å²) >= 11 is 0. The van der Waals surface area contributed by atoms with Crippen molar-refractivity contribution in [1.82, 2.24) is 9.97 Å². The van der Waals surface area contributed by atoms with Crippen LogP contribution in [0, 0.1) is 5.82 Å². The molecule has 17 heavy (non-hydrogen) atoms. The van der Waals surface area contributed by atoms with Crippen LogP contribution in [0.1, 0.15) is 5.69 Å². The molecular formula is C12H12FN3O. The normalized spacial score (nSPS) is 10.5. The van der Waals surface area contributed by atoms with Crippen LogP contribution in [-0.4, -0.2) is 16.5 Å². The predicted molar refractivity (Wildman–Crippen MR) is 63.0 cm³/mol. The van der Waals surface area contributed by atoms with Gasteiger partial charge in [0, 0.05) is 11.3 Å². The summed E-state index contributed by atoms with van der Waals surface area (Å²) in [6, 6.07) is 7.59. The zero-order chi connectivity index (χ0) is 12.3. The van der Waals surface area contributed by atoms with Crippen molar-refractivity contribution in [2.24, 2.45) is 5.73 Å². The van der Waals surface area contributed by atoms with E-state index in [4.69, 9.17) is 5.73 Å². The van der Waals surface area contributed by atoms with Crippen LogP contribution in [0.3, 0.4) is 0 Å². The van der Waals surface area contributed by atoms with Gasteiger partial charge in [-0.3, -0.25) is 0 Å². The van der Waals surface area contributed by atoms with Gasteiger partial charge in [0.1, 0.15) is 5.82 Å². The first-order valence-electron chi connectivity index (χ1n) is 5.25. The number of aromatic nitrogens is 2. The van der Waals surface area contributed by atoms with Gasteiger partial charge >= 0.3 is 5.69 Å². The number of hydrogen-bond acceptors (Lipinski definition) is 3.